The highest BCUT2D eigenvalue weighted by Gasteiger charge is 2.23. The molecule has 2 aromatic rings. The molecule has 1 nitrogen and oxygen atoms in total. The summed E-state index contributed by atoms with van der Waals surface area (Å²) in [5.74, 6) is 1.33. The van der Waals surface area contributed by atoms with E-state index in [-0.39, 0.29) is 0 Å². The van der Waals surface area contributed by atoms with Gasteiger partial charge in [0.05, 0.1) is 5.52 Å². The minimum absolute atomic E-state index is 0.667. The summed E-state index contributed by atoms with van der Waals surface area (Å²) in [5.41, 5.74) is 4.12. The van der Waals surface area contributed by atoms with Gasteiger partial charge in [0.1, 0.15) is 0 Å². The van der Waals surface area contributed by atoms with Crippen LogP contribution in [0, 0.1) is 0 Å². The number of pyridine rings is 1. The van der Waals surface area contributed by atoms with E-state index in [1.54, 1.807) is 0 Å². The first kappa shape index (κ1) is 8.90. The molecule has 1 heterocycles. The van der Waals surface area contributed by atoms with Gasteiger partial charge in [-0.15, -0.1) is 0 Å². The van der Waals surface area contributed by atoms with E-state index in [4.69, 9.17) is 0 Å². The standard InChI is InChI=1S/C14H15N/c1-9-8-10(2)12-6-7-15-13-5-3-4-11(9)14(12)13/h3-7,9-10H,8H2,1-2H3/t9?,10-/m0/s1. The van der Waals surface area contributed by atoms with Crippen molar-refractivity contribution in [3.63, 3.8) is 0 Å². The highest BCUT2D eigenvalue weighted by molar-refractivity contribution is 5.87. The van der Waals surface area contributed by atoms with Gasteiger partial charge in [-0.25, -0.2) is 0 Å². The molecular formula is C14H15N. The van der Waals surface area contributed by atoms with Crippen LogP contribution in [0.15, 0.2) is 30.5 Å². The normalized spacial score (nSPS) is 24.4. The lowest BCUT2D eigenvalue weighted by Crippen LogP contribution is -2.09. The van der Waals surface area contributed by atoms with E-state index in [0.717, 1.165) is 5.52 Å². The molecule has 3 rings (SSSR count). The summed E-state index contributed by atoms with van der Waals surface area (Å²) in [7, 11) is 0. The molecule has 0 radical (unpaired) electrons. The first-order valence-electron chi connectivity index (χ1n) is 5.65. The third-order valence-corrected chi connectivity index (χ3v) is 3.60. The molecule has 1 aromatic heterocycles. The summed E-state index contributed by atoms with van der Waals surface area (Å²) in [6, 6.07) is 8.68. The molecule has 1 aliphatic rings. The predicted molar refractivity (Wildman–Crippen MR) is 63.2 cm³/mol. The number of nitrogens with zero attached hydrogens (tertiary/aromatic N) is 1. The van der Waals surface area contributed by atoms with Crippen LogP contribution in [0.25, 0.3) is 10.9 Å². The van der Waals surface area contributed by atoms with Gasteiger partial charge >= 0.3 is 0 Å². The Balaban J connectivity index is 2.45. The number of benzene rings is 1. The highest BCUT2D eigenvalue weighted by atomic mass is 14.6. The molecule has 0 amide bonds. The molecule has 0 aliphatic heterocycles. The van der Waals surface area contributed by atoms with Crippen molar-refractivity contribution in [2.75, 3.05) is 0 Å². The van der Waals surface area contributed by atoms with Crippen molar-refractivity contribution in [2.24, 2.45) is 0 Å². The summed E-state index contributed by atoms with van der Waals surface area (Å²) in [4.78, 5) is 4.45. The summed E-state index contributed by atoms with van der Waals surface area (Å²) in [6.45, 7) is 4.64. The van der Waals surface area contributed by atoms with Crippen molar-refractivity contribution in [3.8, 4) is 0 Å². The molecule has 0 N–H and O–H groups in total. The zero-order valence-electron chi connectivity index (χ0n) is 9.20. The Bertz CT molecular complexity index is 473. The highest BCUT2D eigenvalue weighted by Crippen LogP contribution is 2.41. The minimum Gasteiger partial charge on any atom is -0.256 e. The quantitative estimate of drug-likeness (QED) is 0.625. The molecule has 0 fully saturated rings. The fourth-order valence-corrected chi connectivity index (χ4v) is 2.87. The average molecular weight is 197 g/mol. The Morgan fingerprint density at radius 3 is 2.60 bits per heavy atom. The zero-order valence-corrected chi connectivity index (χ0v) is 9.20. The fraction of sp³-hybridized carbons (Fsp3) is 0.357. The maximum absolute atomic E-state index is 4.45. The Hall–Kier alpha value is -1.37. The molecule has 76 valence electrons. The first-order chi connectivity index (χ1) is 7.27. The van der Waals surface area contributed by atoms with Crippen LogP contribution < -0.4 is 0 Å². The molecule has 0 spiro atoms. The topological polar surface area (TPSA) is 12.9 Å². The summed E-state index contributed by atoms with van der Waals surface area (Å²) < 4.78 is 0. The van der Waals surface area contributed by atoms with E-state index in [2.05, 4.69) is 43.1 Å². The van der Waals surface area contributed by atoms with Crippen molar-refractivity contribution in [1.29, 1.82) is 0 Å². The monoisotopic (exact) mass is 197 g/mol. The van der Waals surface area contributed by atoms with Gasteiger partial charge in [0, 0.05) is 11.6 Å². The van der Waals surface area contributed by atoms with E-state index in [1.165, 1.54) is 22.9 Å². The minimum atomic E-state index is 0.667. The van der Waals surface area contributed by atoms with Crippen LogP contribution in [0.5, 0.6) is 0 Å². The van der Waals surface area contributed by atoms with Gasteiger partial charge in [0.25, 0.3) is 0 Å². The Morgan fingerprint density at radius 1 is 1.07 bits per heavy atom. The SMILES string of the molecule is CC1C[C@H](C)c2ccnc3cccc1c23. The second-order valence-electron chi connectivity index (χ2n) is 4.68. The van der Waals surface area contributed by atoms with E-state index < -0.39 is 0 Å². The van der Waals surface area contributed by atoms with E-state index >= 15 is 0 Å². The molecule has 15 heavy (non-hydrogen) atoms. The van der Waals surface area contributed by atoms with Crippen molar-refractivity contribution in [1.82, 2.24) is 4.98 Å². The molecule has 0 saturated heterocycles. The van der Waals surface area contributed by atoms with Gasteiger partial charge in [0.2, 0.25) is 0 Å². The molecule has 2 atom stereocenters. The number of aromatic nitrogens is 1. The maximum Gasteiger partial charge on any atom is 0.0707 e. The van der Waals surface area contributed by atoms with Gasteiger partial charge in [-0.2, -0.15) is 0 Å². The number of rotatable bonds is 0. The summed E-state index contributed by atoms with van der Waals surface area (Å²) in [5, 5.41) is 1.41. The number of hydrogen-bond acceptors (Lipinski definition) is 1. The third kappa shape index (κ3) is 1.19. The Labute approximate surface area is 90.2 Å². The first-order valence-corrected chi connectivity index (χ1v) is 5.65. The maximum atomic E-state index is 4.45. The van der Waals surface area contributed by atoms with Crippen LogP contribution >= 0.6 is 0 Å². The molecular weight excluding hydrogens is 182 g/mol. The summed E-state index contributed by atoms with van der Waals surface area (Å²) in [6.07, 6.45) is 3.20. The van der Waals surface area contributed by atoms with E-state index in [9.17, 15) is 0 Å². The molecule has 1 unspecified atom stereocenters. The molecule has 1 heteroatoms. The van der Waals surface area contributed by atoms with Gasteiger partial charge in [0.15, 0.2) is 0 Å². The lowest BCUT2D eigenvalue weighted by molar-refractivity contribution is 0.582. The van der Waals surface area contributed by atoms with Crippen LogP contribution in [-0.2, 0) is 0 Å². The average Bonchev–Trinajstić information content (AvgIpc) is 2.25. The van der Waals surface area contributed by atoms with E-state index in [1.807, 2.05) is 6.20 Å². The van der Waals surface area contributed by atoms with Gasteiger partial charge < -0.3 is 0 Å². The van der Waals surface area contributed by atoms with Crippen molar-refractivity contribution in [2.45, 2.75) is 32.1 Å². The predicted octanol–water partition coefficient (Wildman–Crippen LogP) is 3.85. The largest absolute Gasteiger partial charge is 0.256 e. The Kier molecular flexibility index (Phi) is 1.82. The van der Waals surface area contributed by atoms with E-state index in [0.29, 0.717) is 11.8 Å². The van der Waals surface area contributed by atoms with Crippen molar-refractivity contribution in [3.05, 3.63) is 41.6 Å². The number of hydrogen-bond donors (Lipinski definition) is 0. The molecule has 0 saturated carbocycles. The van der Waals surface area contributed by atoms with Crippen LogP contribution in [0.3, 0.4) is 0 Å². The second-order valence-corrected chi connectivity index (χ2v) is 4.68. The molecule has 1 aliphatic carbocycles. The Morgan fingerprint density at radius 2 is 1.80 bits per heavy atom. The summed E-state index contributed by atoms with van der Waals surface area (Å²) >= 11 is 0. The molecule has 1 aromatic carbocycles. The third-order valence-electron chi connectivity index (χ3n) is 3.60. The van der Waals surface area contributed by atoms with Gasteiger partial charge in [-0.1, -0.05) is 26.0 Å². The lowest BCUT2D eigenvalue weighted by Gasteiger charge is -2.27. The van der Waals surface area contributed by atoms with Crippen LogP contribution in [0.4, 0.5) is 0 Å². The van der Waals surface area contributed by atoms with Crippen molar-refractivity contribution >= 4 is 10.9 Å². The van der Waals surface area contributed by atoms with Gasteiger partial charge in [-0.05, 0) is 41.5 Å². The molecule has 0 bridgehead atoms. The van der Waals surface area contributed by atoms with Crippen LogP contribution in [0.2, 0.25) is 0 Å². The second kappa shape index (κ2) is 3.06. The van der Waals surface area contributed by atoms with Crippen LogP contribution in [-0.4, -0.2) is 4.98 Å². The van der Waals surface area contributed by atoms with Crippen LogP contribution in [0.1, 0.15) is 43.2 Å². The smallest absolute Gasteiger partial charge is 0.0707 e. The zero-order chi connectivity index (χ0) is 10.4. The van der Waals surface area contributed by atoms with Crippen molar-refractivity contribution < 1.29 is 0 Å². The fourth-order valence-electron chi connectivity index (χ4n) is 2.87. The lowest BCUT2D eigenvalue weighted by atomic mass is 9.78. The van der Waals surface area contributed by atoms with Gasteiger partial charge in [-0.3, -0.25) is 4.98 Å².